The molecule has 0 aliphatic heterocycles. The fourth-order valence-electron chi connectivity index (χ4n) is 2.55. The van der Waals surface area contributed by atoms with Crippen molar-refractivity contribution in [3.05, 3.63) is 35.4 Å². The third-order valence-electron chi connectivity index (χ3n) is 3.62. The zero-order valence-corrected chi connectivity index (χ0v) is 14.3. The Balaban J connectivity index is 2.69. The number of methoxy groups -OCH3 is 4. The van der Waals surface area contributed by atoms with Gasteiger partial charge in [-0.3, -0.25) is 0 Å². The molecule has 2 aromatic rings. The fraction of sp³-hybridized carbons (Fsp3) is 0.333. The molecule has 0 amide bonds. The molecule has 0 atom stereocenters. The summed E-state index contributed by atoms with van der Waals surface area (Å²) < 4.78 is 20.8. The van der Waals surface area contributed by atoms with E-state index in [1.165, 1.54) is 14.2 Å². The first-order chi connectivity index (χ1) is 11.5. The molecule has 0 spiro atoms. The summed E-state index contributed by atoms with van der Waals surface area (Å²) in [6.45, 7) is 0.693. The molecular weight excluding hydrogens is 312 g/mol. The van der Waals surface area contributed by atoms with Gasteiger partial charge in [0, 0.05) is 25.3 Å². The standard InChI is InChI=1S/C18H22O6/c1-21-9-11-5-13(17(19)15(7-11)23-3)14-6-12(10-22-2)8-16(24-4)18(14)20/h5-8,19-20H,9-10H2,1-4H3. The molecule has 0 bridgehead atoms. The van der Waals surface area contributed by atoms with E-state index in [9.17, 15) is 10.2 Å². The summed E-state index contributed by atoms with van der Waals surface area (Å²) in [6, 6.07) is 6.87. The van der Waals surface area contributed by atoms with Crippen LogP contribution in [0.3, 0.4) is 0 Å². The van der Waals surface area contributed by atoms with Crippen molar-refractivity contribution in [1.82, 2.24) is 0 Å². The maximum absolute atomic E-state index is 10.5. The van der Waals surface area contributed by atoms with Gasteiger partial charge >= 0.3 is 0 Å². The van der Waals surface area contributed by atoms with Crippen LogP contribution in [0.2, 0.25) is 0 Å². The van der Waals surface area contributed by atoms with Crippen molar-refractivity contribution in [2.75, 3.05) is 28.4 Å². The lowest BCUT2D eigenvalue weighted by atomic mass is 9.98. The van der Waals surface area contributed by atoms with E-state index in [1.807, 2.05) is 0 Å². The summed E-state index contributed by atoms with van der Waals surface area (Å²) in [4.78, 5) is 0. The van der Waals surface area contributed by atoms with Crippen molar-refractivity contribution in [2.45, 2.75) is 13.2 Å². The van der Waals surface area contributed by atoms with Gasteiger partial charge in [-0.2, -0.15) is 0 Å². The lowest BCUT2D eigenvalue weighted by Gasteiger charge is -2.16. The molecule has 0 saturated carbocycles. The SMILES string of the molecule is COCc1cc(OC)c(O)c(-c2cc(COC)cc(OC)c2O)c1. The average Bonchev–Trinajstić information content (AvgIpc) is 2.58. The van der Waals surface area contributed by atoms with E-state index in [-0.39, 0.29) is 11.5 Å². The molecule has 0 aliphatic rings. The topological polar surface area (TPSA) is 77.4 Å². The lowest BCUT2D eigenvalue weighted by molar-refractivity contribution is 0.184. The highest BCUT2D eigenvalue weighted by Crippen LogP contribution is 2.45. The Morgan fingerprint density at radius 2 is 1.04 bits per heavy atom. The van der Waals surface area contributed by atoms with Crippen LogP contribution in [0.25, 0.3) is 11.1 Å². The van der Waals surface area contributed by atoms with Crippen molar-refractivity contribution in [2.24, 2.45) is 0 Å². The summed E-state index contributed by atoms with van der Waals surface area (Å²) in [5.41, 5.74) is 2.46. The van der Waals surface area contributed by atoms with Gasteiger partial charge in [0.2, 0.25) is 0 Å². The molecule has 0 saturated heterocycles. The Kier molecular flexibility index (Phi) is 5.89. The van der Waals surface area contributed by atoms with E-state index in [0.717, 1.165) is 11.1 Å². The van der Waals surface area contributed by atoms with E-state index in [4.69, 9.17) is 18.9 Å². The average molecular weight is 334 g/mol. The van der Waals surface area contributed by atoms with Crippen LogP contribution in [0, 0.1) is 0 Å². The van der Waals surface area contributed by atoms with Gasteiger partial charge in [-0.05, 0) is 35.4 Å². The van der Waals surface area contributed by atoms with Gasteiger partial charge < -0.3 is 29.2 Å². The number of phenolic OH excluding ortho intramolecular Hbond substituents is 2. The Bertz CT molecular complexity index is 650. The molecule has 0 unspecified atom stereocenters. The lowest BCUT2D eigenvalue weighted by Crippen LogP contribution is -1.96. The van der Waals surface area contributed by atoms with Crippen LogP contribution >= 0.6 is 0 Å². The van der Waals surface area contributed by atoms with Crippen LogP contribution in [-0.4, -0.2) is 38.7 Å². The Morgan fingerprint density at radius 3 is 1.33 bits per heavy atom. The molecule has 130 valence electrons. The molecule has 0 fully saturated rings. The third kappa shape index (κ3) is 3.55. The molecule has 24 heavy (non-hydrogen) atoms. The van der Waals surface area contributed by atoms with Crippen LogP contribution in [0.4, 0.5) is 0 Å². The van der Waals surface area contributed by atoms with Gasteiger partial charge in [0.25, 0.3) is 0 Å². The number of rotatable bonds is 7. The molecule has 2 N–H and O–H groups in total. The highest BCUT2D eigenvalue weighted by atomic mass is 16.5. The first-order valence-electron chi connectivity index (χ1n) is 7.33. The van der Waals surface area contributed by atoms with Gasteiger partial charge in [-0.1, -0.05) is 0 Å². The molecule has 0 radical (unpaired) electrons. The van der Waals surface area contributed by atoms with Crippen molar-refractivity contribution in [1.29, 1.82) is 0 Å². The van der Waals surface area contributed by atoms with E-state index in [0.29, 0.717) is 35.8 Å². The van der Waals surface area contributed by atoms with Crippen molar-refractivity contribution >= 4 is 0 Å². The maximum Gasteiger partial charge on any atom is 0.165 e. The van der Waals surface area contributed by atoms with Crippen LogP contribution in [-0.2, 0) is 22.7 Å². The summed E-state index contributed by atoms with van der Waals surface area (Å²) in [7, 11) is 6.10. The number of hydrogen-bond donors (Lipinski definition) is 2. The van der Waals surface area contributed by atoms with Crippen molar-refractivity contribution in [3.63, 3.8) is 0 Å². The molecule has 2 aromatic carbocycles. The summed E-state index contributed by atoms with van der Waals surface area (Å²) in [5, 5.41) is 21.0. The minimum absolute atomic E-state index is 0.0655. The second kappa shape index (κ2) is 7.90. The normalized spacial score (nSPS) is 10.7. The molecule has 6 heteroatoms. The van der Waals surface area contributed by atoms with Crippen LogP contribution < -0.4 is 9.47 Å². The first-order valence-corrected chi connectivity index (χ1v) is 7.33. The second-order valence-corrected chi connectivity index (χ2v) is 5.25. The Morgan fingerprint density at radius 1 is 0.667 bits per heavy atom. The van der Waals surface area contributed by atoms with Crippen LogP contribution in [0.15, 0.2) is 24.3 Å². The second-order valence-electron chi connectivity index (χ2n) is 5.25. The first kappa shape index (κ1) is 17.9. The van der Waals surface area contributed by atoms with Gasteiger partial charge in [0.15, 0.2) is 23.0 Å². The molecule has 6 nitrogen and oxygen atoms in total. The van der Waals surface area contributed by atoms with E-state index >= 15 is 0 Å². The molecule has 0 aromatic heterocycles. The van der Waals surface area contributed by atoms with E-state index in [2.05, 4.69) is 0 Å². The summed E-state index contributed by atoms with van der Waals surface area (Å²) in [5.74, 6) is 0.471. The predicted molar refractivity (Wildman–Crippen MR) is 89.7 cm³/mol. The van der Waals surface area contributed by atoms with E-state index in [1.54, 1.807) is 38.5 Å². The van der Waals surface area contributed by atoms with Gasteiger partial charge in [-0.25, -0.2) is 0 Å². The Labute approximate surface area is 141 Å². The number of benzene rings is 2. The molecule has 2 rings (SSSR count). The third-order valence-corrected chi connectivity index (χ3v) is 3.62. The molecule has 0 heterocycles. The minimum Gasteiger partial charge on any atom is -0.504 e. The fourth-order valence-corrected chi connectivity index (χ4v) is 2.55. The highest BCUT2D eigenvalue weighted by molar-refractivity contribution is 5.81. The largest absolute Gasteiger partial charge is 0.504 e. The molecule has 0 aliphatic carbocycles. The maximum atomic E-state index is 10.5. The van der Waals surface area contributed by atoms with Gasteiger partial charge in [0.05, 0.1) is 27.4 Å². The Hall–Kier alpha value is -2.44. The summed E-state index contributed by atoms with van der Waals surface area (Å²) >= 11 is 0. The smallest absolute Gasteiger partial charge is 0.165 e. The zero-order valence-electron chi connectivity index (χ0n) is 14.3. The van der Waals surface area contributed by atoms with E-state index < -0.39 is 0 Å². The number of aromatic hydroxyl groups is 2. The summed E-state index contributed by atoms with van der Waals surface area (Å²) in [6.07, 6.45) is 0. The number of ether oxygens (including phenoxy) is 4. The minimum atomic E-state index is -0.0655. The number of hydrogen-bond acceptors (Lipinski definition) is 6. The zero-order chi connectivity index (χ0) is 17.7. The predicted octanol–water partition coefficient (Wildman–Crippen LogP) is 3.07. The highest BCUT2D eigenvalue weighted by Gasteiger charge is 2.19. The molecular formula is C18H22O6. The van der Waals surface area contributed by atoms with Crippen molar-refractivity contribution in [3.8, 4) is 34.1 Å². The monoisotopic (exact) mass is 334 g/mol. The van der Waals surface area contributed by atoms with Gasteiger partial charge in [-0.15, -0.1) is 0 Å². The number of phenols is 2. The van der Waals surface area contributed by atoms with Crippen LogP contribution in [0.5, 0.6) is 23.0 Å². The van der Waals surface area contributed by atoms with Crippen LogP contribution in [0.1, 0.15) is 11.1 Å². The van der Waals surface area contributed by atoms with Gasteiger partial charge in [0.1, 0.15) is 0 Å². The van der Waals surface area contributed by atoms with Crippen molar-refractivity contribution < 1.29 is 29.2 Å². The quantitative estimate of drug-likeness (QED) is 0.810.